The van der Waals surface area contributed by atoms with E-state index in [1.54, 1.807) is 0 Å². The number of hydrogen-bond donors (Lipinski definition) is 0. The van der Waals surface area contributed by atoms with Gasteiger partial charge in [-0.05, 0) is 18.1 Å². The highest BCUT2D eigenvalue weighted by Gasteiger charge is 2.26. The summed E-state index contributed by atoms with van der Waals surface area (Å²) in [6, 6.07) is 9.74. The second kappa shape index (κ2) is 4.58. The molecule has 2 aliphatic rings. The van der Waals surface area contributed by atoms with Crippen molar-refractivity contribution in [2.24, 2.45) is 0 Å². The number of carbonyl (C=O) groups excluding carboxylic acids is 1. The van der Waals surface area contributed by atoms with E-state index >= 15 is 0 Å². The molecule has 3 heterocycles. The van der Waals surface area contributed by atoms with E-state index in [2.05, 4.69) is 0 Å². The van der Waals surface area contributed by atoms with Crippen LogP contribution < -0.4 is 0 Å². The van der Waals surface area contributed by atoms with Crippen molar-refractivity contribution < 1.29 is 14.3 Å². The van der Waals surface area contributed by atoms with Crippen molar-refractivity contribution in [3.63, 3.8) is 0 Å². The molecule has 4 heteroatoms. The number of hydrogen-bond acceptors (Lipinski definition) is 3. The summed E-state index contributed by atoms with van der Waals surface area (Å²) in [5.74, 6) is 0.0855. The predicted molar refractivity (Wildman–Crippen MR) is 72.7 cm³/mol. The van der Waals surface area contributed by atoms with Crippen molar-refractivity contribution in [3.8, 4) is 0 Å². The Morgan fingerprint density at radius 2 is 1.95 bits per heavy atom. The summed E-state index contributed by atoms with van der Waals surface area (Å²) >= 11 is 0. The highest BCUT2D eigenvalue weighted by molar-refractivity contribution is 6.09. The van der Waals surface area contributed by atoms with Gasteiger partial charge in [0, 0.05) is 23.9 Å². The summed E-state index contributed by atoms with van der Waals surface area (Å²) in [6.45, 7) is 2.04. The van der Waals surface area contributed by atoms with Gasteiger partial charge in [0.15, 0.2) is 6.29 Å². The van der Waals surface area contributed by atoms with Crippen molar-refractivity contribution in [2.45, 2.75) is 19.3 Å². The Morgan fingerprint density at radius 3 is 2.80 bits per heavy atom. The Morgan fingerprint density at radius 1 is 1.15 bits per heavy atom. The Labute approximate surface area is 116 Å². The lowest BCUT2D eigenvalue weighted by Crippen LogP contribution is -2.06. The molecule has 102 valence electrons. The van der Waals surface area contributed by atoms with Crippen molar-refractivity contribution in [2.75, 3.05) is 13.2 Å². The van der Waals surface area contributed by atoms with Gasteiger partial charge >= 0.3 is 0 Å². The fourth-order valence-electron chi connectivity index (χ4n) is 2.93. The van der Waals surface area contributed by atoms with E-state index in [1.807, 2.05) is 41.1 Å². The molecule has 1 fully saturated rings. The second-order valence-corrected chi connectivity index (χ2v) is 5.16. The van der Waals surface area contributed by atoms with E-state index in [-0.39, 0.29) is 12.1 Å². The highest BCUT2D eigenvalue weighted by Crippen LogP contribution is 2.28. The minimum absolute atomic E-state index is 0.0855. The van der Waals surface area contributed by atoms with Crippen LogP contribution in [0.15, 0.2) is 36.5 Å². The zero-order valence-electron chi connectivity index (χ0n) is 11.0. The summed E-state index contributed by atoms with van der Waals surface area (Å²) in [5, 5.41) is 0. The van der Waals surface area contributed by atoms with Crippen molar-refractivity contribution in [1.29, 1.82) is 0 Å². The molecule has 0 spiro atoms. The van der Waals surface area contributed by atoms with Gasteiger partial charge in [0.05, 0.1) is 18.9 Å². The molecule has 0 N–H and O–H groups in total. The molecule has 0 bridgehead atoms. The van der Waals surface area contributed by atoms with Crippen LogP contribution in [0.4, 0.5) is 0 Å². The number of ketones is 1. The molecule has 20 heavy (non-hydrogen) atoms. The maximum Gasteiger partial charge on any atom is 0.209 e. The number of carbonyl (C=O) groups is 1. The fourth-order valence-corrected chi connectivity index (χ4v) is 2.93. The monoisotopic (exact) mass is 269 g/mol. The minimum Gasteiger partial charge on any atom is -0.346 e. The van der Waals surface area contributed by atoms with Gasteiger partial charge in [0.1, 0.15) is 0 Å². The normalized spacial score (nSPS) is 18.7. The number of aryl methyl sites for hydroxylation is 2. The smallest absolute Gasteiger partial charge is 0.209 e. The summed E-state index contributed by atoms with van der Waals surface area (Å²) in [7, 11) is 0. The van der Waals surface area contributed by atoms with Gasteiger partial charge in [-0.2, -0.15) is 0 Å². The van der Waals surface area contributed by atoms with Crippen LogP contribution in [0.2, 0.25) is 0 Å². The Kier molecular flexibility index (Phi) is 2.72. The number of rotatable bonds is 1. The van der Waals surface area contributed by atoms with E-state index in [9.17, 15) is 4.79 Å². The van der Waals surface area contributed by atoms with E-state index in [0.29, 0.717) is 13.2 Å². The van der Waals surface area contributed by atoms with Gasteiger partial charge in [0.2, 0.25) is 5.78 Å². The predicted octanol–water partition coefficient (Wildman–Crippen LogP) is 2.32. The average molecular weight is 269 g/mol. The van der Waals surface area contributed by atoms with E-state index in [4.69, 9.17) is 9.47 Å². The maximum absolute atomic E-state index is 12.7. The first-order chi connectivity index (χ1) is 9.83. The number of benzene rings is 1. The van der Waals surface area contributed by atoms with E-state index < -0.39 is 0 Å². The van der Waals surface area contributed by atoms with Gasteiger partial charge in [-0.15, -0.1) is 0 Å². The molecule has 0 aliphatic carbocycles. The third-order valence-corrected chi connectivity index (χ3v) is 3.93. The van der Waals surface area contributed by atoms with Gasteiger partial charge in [-0.25, -0.2) is 0 Å². The lowest BCUT2D eigenvalue weighted by Gasteiger charge is -2.06. The zero-order chi connectivity index (χ0) is 13.5. The second-order valence-electron chi connectivity index (χ2n) is 5.16. The Bertz CT molecular complexity index is 668. The molecule has 1 aromatic heterocycles. The Hall–Kier alpha value is -1.91. The zero-order valence-corrected chi connectivity index (χ0v) is 11.0. The molecule has 2 aromatic rings. The van der Waals surface area contributed by atoms with Gasteiger partial charge in [-0.1, -0.05) is 24.3 Å². The lowest BCUT2D eigenvalue weighted by molar-refractivity contribution is -0.0441. The first-order valence-corrected chi connectivity index (χ1v) is 6.89. The van der Waals surface area contributed by atoms with Crippen molar-refractivity contribution in [1.82, 2.24) is 4.57 Å². The van der Waals surface area contributed by atoms with E-state index in [1.165, 1.54) is 0 Å². The first kappa shape index (κ1) is 11.9. The largest absolute Gasteiger partial charge is 0.346 e. The maximum atomic E-state index is 12.7. The molecule has 0 amide bonds. The molecule has 1 aromatic carbocycles. The van der Waals surface area contributed by atoms with Crippen LogP contribution in [0.5, 0.6) is 0 Å². The average Bonchev–Trinajstić information content (AvgIpc) is 3.11. The molecule has 4 rings (SSSR count). The summed E-state index contributed by atoms with van der Waals surface area (Å²) in [5.41, 5.74) is 3.59. The number of ether oxygens (including phenoxy) is 2. The van der Waals surface area contributed by atoms with Crippen LogP contribution in [-0.4, -0.2) is 23.6 Å². The molecule has 0 saturated carbocycles. The third kappa shape index (κ3) is 1.80. The first-order valence-electron chi connectivity index (χ1n) is 6.89. The molecule has 0 unspecified atom stereocenters. The molecular weight excluding hydrogens is 254 g/mol. The quantitative estimate of drug-likeness (QED) is 0.797. The number of aromatic nitrogens is 1. The summed E-state index contributed by atoms with van der Waals surface area (Å²) in [6.07, 6.45) is 2.53. The Balaban J connectivity index is 1.76. The molecule has 0 atom stereocenters. The van der Waals surface area contributed by atoms with Crippen LogP contribution in [0, 0.1) is 0 Å². The van der Waals surface area contributed by atoms with Gasteiger partial charge in [-0.3, -0.25) is 4.79 Å². The van der Waals surface area contributed by atoms with Crippen LogP contribution in [0.1, 0.15) is 33.5 Å². The van der Waals surface area contributed by atoms with Crippen LogP contribution in [-0.2, 0) is 22.4 Å². The number of nitrogens with zero attached hydrogens (tertiary/aromatic N) is 1. The SMILES string of the molecule is O=C1c2ccccc2CCn2cc(C3OCCO3)cc21. The standard InChI is InChI=1S/C16H15NO3/c18-15-13-4-2-1-3-11(13)5-6-17-10-12(9-14(15)17)16-19-7-8-20-16/h1-4,9-10,16H,5-8H2. The van der Waals surface area contributed by atoms with Gasteiger partial charge < -0.3 is 14.0 Å². The summed E-state index contributed by atoms with van der Waals surface area (Å²) in [4.78, 5) is 12.7. The van der Waals surface area contributed by atoms with E-state index in [0.717, 1.165) is 35.3 Å². The lowest BCUT2D eigenvalue weighted by atomic mass is 10.0. The summed E-state index contributed by atoms with van der Waals surface area (Å²) < 4.78 is 13.0. The third-order valence-electron chi connectivity index (χ3n) is 3.93. The van der Waals surface area contributed by atoms with Crippen molar-refractivity contribution in [3.05, 3.63) is 58.9 Å². The topological polar surface area (TPSA) is 40.5 Å². The highest BCUT2D eigenvalue weighted by atomic mass is 16.7. The van der Waals surface area contributed by atoms with Crippen LogP contribution >= 0.6 is 0 Å². The van der Waals surface area contributed by atoms with Gasteiger partial charge in [0.25, 0.3) is 0 Å². The minimum atomic E-state index is -0.322. The molecule has 1 saturated heterocycles. The molecule has 0 radical (unpaired) electrons. The molecular formula is C16H15NO3. The fraction of sp³-hybridized carbons (Fsp3) is 0.312. The van der Waals surface area contributed by atoms with Crippen molar-refractivity contribution >= 4 is 5.78 Å². The van der Waals surface area contributed by atoms with Crippen LogP contribution in [0.25, 0.3) is 0 Å². The number of fused-ring (bicyclic) bond motifs is 2. The van der Waals surface area contributed by atoms with Crippen LogP contribution in [0.3, 0.4) is 0 Å². The molecule has 2 aliphatic heterocycles. The molecule has 4 nitrogen and oxygen atoms in total.